The molecular formula is C23H27N7O3S. The summed E-state index contributed by atoms with van der Waals surface area (Å²) in [5, 5.41) is 21.3. The Labute approximate surface area is 201 Å². The van der Waals surface area contributed by atoms with Gasteiger partial charge >= 0.3 is 0 Å². The molecule has 1 aliphatic heterocycles. The summed E-state index contributed by atoms with van der Waals surface area (Å²) < 4.78 is 5.25. The van der Waals surface area contributed by atoms with E-state index in [0.29, 0.717) is 37.0 Å². The van der Waals surface area contributed by atoms with E-state index in [1.54, 1.807) is 25.6 Å². The van der Waals surface area contributed by atoms with Gasteiger partial charge in [-0.25, -0.2) is 15.0 Å². The molecule has 1 aliphatic carbocycles. The van der Waals surface area contributed by atoms with Gasteiger partial charge in [-0.05, 0) is 37.0 Å². The van der Waals surface area contributed by atoms with Crippen molar-refractivity contribution < 1.29 is 14.6 Å². The highest BCUT2D eigenvalue weighted by Crippen LogP contribution is 2.27. The van der Waals surface area contributed by atoms with Crippen LogP contribution in [0.4, 0.5) is 5.82 Å². The van der Waals surface area contributed by atoms with Crippen LogP contribution >= 0.6 is 11.8 Å². The fourth-order valence-electron chi connectivity index (χ4n) is 4.37. The largest absolute Gasteiger partial charge is 0.481 e. The highest BCUT2D eigenvalue weighted by molar-refractivity contribution is 8.00. The Morgan fingerprint density at radius 2 is 2.09 bits per heavy atom. The van der Waals surface area contributed by atoms with Crippen molar-refractivity contribution in [1.82, 2.24) is 30.6 Å². The molecule has 5 rings (SSSR count). The van der Waals surface area contributed by atoms with E-state index in [-0.39, 0.29) is 18.0 Å². The first-order valence-electron chi connectivity index (χ1n) is 11.3. The van der Waals surface area contributed by atoms with E-state index in [9.17, 15) is 9.90 Å². The molecule has 34 heavy (non-hydrogen) atoms. The maximum absolute atomic E-state index is 11.6. The summed E-state index contributed by atoms with van der Waals surface area (Å²) in [7, 11) is 1.60. The number of ether oxygens (including phenoxy) is 1. The molecule has 10 nitrogen and oxygen atoms in total. The normalized spacial score (nSPS) is 22.3. The number of anilines is 1. The fourth-order valence-corrected chi connectivity index (χ4v) is 5.07. The van der Waals surface area contributed by atoms with Gasteiger partial charge in [-0.15, -0.1) is 0 Å². The van der Waals surface area contributed by atoms with Gasteiger partial charge in [0.05, 0.1) is 41.9 Å². The van der Waals surface area contributed by atoms with Crippen molar-refractivity contribution in [2.45, 2.75) is 55.6 Å². The van der Waals surface area contributed by atoms with Crippen molar-refractivity contribution in [2.24, 2.45) is 0 Å². The molecule has 1 saturated carbocycles. The first-order valence-corrected chi connectivity index (χ1v) is 12.3. The molecule has 0 radical (unpaired) electrons. The maximum atomic E-state index is 11.6. The second-order valence-corrected chi connectivity index (χ2v) is 9.45. The van der Waals surface area contributed by atoms with Gasteiger partial charge in [0.2, 0.25) is 11.8 Å². The number of amides is 1. The van der Waals surface area contributed by atoms with Crippen LogP contribution in [0.2, 0.25) is 0 Å². The fraction of sp³-hybridized carbons (Fsp3) is 0.435. The molecule has 3 aromatic heterocycles. The third-order valence-corrected chi connectivity index (χ3v) is 7.16. The zero-order valence-electron chi connectivity index (χ0n) is 18.8. The van der Waals surface area contributed by atoms with Crippen LogP contribution in [0.1, 0.15) is 30.5 Å². The third-order valence-electron chi connectivity index (χ3n) is 6.18. The van der Waals surface area contributed by atoms with Crippen LogP contribution in [0.15, 0.2) is 35.6 Å². The molecule has 0 saturated heterocycles. The number of methoxy groups -OCH3 is 1. The highest BCUT2D eigenvalue weighted by Gasteiger charge is 2.29. The van der Waals surface area contributed by atoms with Gasteiger partial charge in [-0.2, -0.15) is 0 Å². The second-order valence-electron chi connectivity index (χ2n) is 8.49. The number of aliphatic hydroxyl groups is 1. The number of rotatable bonds is 7. The predicted molar refractivity (Wildman–Crippen MR) is 129 cm³/mol. The molecule has 2 aliphatic rings. The van der Waals surface area contributed by atoms with Crippen molar-refractivity contribution in [2.75, 3.05) is 18.2 Å². The third kappa shape index (κ3) is 5.12. The minimum Gasteiger partial charge on any atom is -0.481 e. The van der Waals surface area contributed by atoms with Crippen LogP contribution in [-0.4, -0.2) is 62.0 Å². The predicted octanol–water partition coefficient (Wildman–Crippen LogP) is 1.63. The Balaban J connectivity index is 1.14. The number of nitrogens with one attached hydrogen (secondary N) is 3. The molecule has 4 N–H and O–H groups in total. The van der Waals surface area contributed by atoms with Crippen LogP contribution in [0.3, 0.4) is 0 Å². The Bertz CT molecular complexity index is 1190. The first-order chi connectivity index (χ1) is 16.6. The number of carbonyl (C=O) groups excluding carboxylic acids is 1. The molecule has 0 bridgehead atoms. The average molecular weight is 482 g/mol. The number of carbonyl (C=O) groups is 1. The van der Waals surface area contributed by atoms with Crippen molar-refractivity contribution >= 4 is 34.5 Å². The quantitative estimate of drug-likeness (QED) is 0.394. The summed E-state index contributed by atoms with van der Waals surface area (Å²) in [4.78, 5) is 29.4. The van der Waals surface area contributed by atoms with E-state index in [1.807, 2.05) is 12.1 Å². The van der Waals surface area contributed by atoms with Crippen molar-refractivity contribution in [3.8, 4) is 5.88 Å². The minimum atomic E-state index is -0.466. The molecule has 178 valence electrons. The monoisotopic (exact) mass is 481 g/mol. The van der Waals surface area contributed by atoms with E-state index in [1.165, 1.54) is 11.8 Å². The van der Waals surface area contributed by atoms with E-state index < -0.39 is 6.10 Å². The van der Waals surface area contributed by atoms with Crippen molar-refractivity contribution in [1.29, 1.82) is 0 Å². The Kier molecular flexibility index (Phi) is 6.86. The number of aromatic nitrogens is 4. The van der Waals surface area contributed by atoms with Crippen LogP contribution in [0, 0.1) is 0 Å². The topological polar surface area (TPSA) is 134 Å². The van der Waals surface area contributed by atoms with Crippen LogP contribution in [0.25, 0.3) is 11.0 Å². The van der Waals surface area contributed by atoms with E-state index in [2.05, 4.69) is 35.9 Å². The maximum Gasteiger partial charge on any atom is 0.236 e. The van der Waals surface area contributed by atoms with Crippen LogP contribution in [0.5, 0.6) is 5.88 Å². The van der Waals surface area contributed by atoms with Gasteiger partial charge in [0.1, 0.15) is 5.03 Å². The Morgan fingerprint density at radius 1 is 1.18 bits per heavy atom. The number of fused-ring (bicyclic) bond motifs is 2. The molecule has 3 atom stereocenters. The Hall–Kier alpha value is -2.86. The second kappa shape index (κ2) is 10.2. The lowest BCUT2D eigenvalue weighted by Gasteiger charge is -2.34. The molecule has 0 unspecified atom stereocenters. The van der Waals surface area contributed by atoms with E-state index in [0.717, 1.165) is 40.2 Å². The number of hydrogen-bond acceptors (Lipinski definition) is 10. The van der Waals surface area contributed by atoms with Crippen molar-refractivity contribution in [3.05, 3.63) is 41.9 Å². The van der Waals surface area contributed by atoms with Gasteiger partial charge in [-0.1, -0.05) is 11.8 Å². The summed E-state index contributed by atoms with van der Waals surface area (Å²) in [6, 6.07) is 5.83. The van der Waals surface area contributed by atoms with Gasteiger partial charge in [0, 0.05) is 37.4 Å². The Morgan fingerprint density at radius 3 is 2.94 bits per heavy atom. The van der Waals surface area contributed by atoms with Crippen LogP contribution < -0.4 is 20.7 Å². The SMILES string of the molecule is COc1ccc2nccc(CN[C@H]3CC[C@H](NCc4cnc5c(n4)NC(=O)CS5)C[C@H]3O)c2n1. The van der Waals surface area contributed by atoms with Crippen LogP contribution in [-0.2, 0) is 17.9 Å². The average Bonchev–Trinajstić information content (AvgIpc) is 2.86. The number of aliphatic hydroxyl groups excluding tert-OH is 1. The van der Waals surface area contributed by atoms with E-state index >= 15 is 0 Å². The smallest absolute Gasteiger partial charge is 0.236 e. The van der Waals surface area contributed by atoms with Gasteiger partial charge < -0.3 is 25.8 Å². The molecule has 0 aromatic carbocycles. The standard InChI is InChI=1S/C23H27N7O3S/c1-33-20-5-4-17-21(30-20)13(6-7-24-17)9-26-16-3-2-14(8-18(16)31)25-10-15-11-27-23-22(28-15)29-19(32)12-34-23/h4-7,11,14,16,18,25-26,31H,2-3,8-10,12H2,1H3,(H,28,29,32)/t14-,16-,18+/m0/s1. The minimum absolute atomic E-state index is 0.00245. The zero-order valence-corrected chi connectivity index (χ0v) is 19.6. The molecule has 3 aromatic rings. The zero-order chi connectivity index (χ0) is 23.5. The molecule has 0 spiro atoms. The number of nitrogens with zero attached hydrogens (tertiary/aromatic N) is 4. The summed E-state index contributed by atoms with van der Waals surface area (Å²) in [6.45, 7) is 1.13. The van der Waals surface area contributed by atoms with Crippen molar-refractivity contribution in [3.63, 3.8) is 0 Å². The lowest BCUT2D eigenvalue weighted by Crippen LogP contribution is -2.48. The molecule has 4 heterocycles. The van der Waals surface area contributed by atoms with Gasteiger partial charge in [0.15, 0.2) is 5.82 Å². The number of pyridine rings is 2. The molecule has 1 fully saturated rings. The molecule has 1 amide bonds. The van der Waals surface area contributed by atoms with E-state index in [4.69, 9.17) is 4.74 Å². The summed E-state index contributed by atoms with van der Waals surface area (Å²) in [5.74, 6) is 1.40. The number of hydrogen-bond donors (Lipinski definition) is 4. The first kappa shape index (κ1) is 22.9. The summed E-state index contributed by atoms with van der Waals surface area (Å²) >= 11 is 1.40. The summed E-state index contributed by atoms with van der Waals surface area (Å²) in [6.07, 6.45) is 5.48. The lowest BCUT2D eigenvalue weighted by molar-refractivity contribution is -0.113. The lowest BCUT2D eigenvalue weighted by atomic mass is 9.88. The van der Waals surface area contributed by atoms with Gasteiger partial charge in [-0.3, -0.25) is 9.78 Å². The number of thioether (sulfide) groups is 1. The molecular weight excluding hydrogens is 454 g/mol. The highest BCUT2D eigenvalue weighted by atomic mass is 32.2. The molecule has 11 heteroatoms. The summed E-state index contributed by atoms with van der Waals surface area (Å²) in [5.41, 5.74) is 3.41. The van der Waals surface area contributed by atoms with Gasteiger partial charge in [0.25, 0.3) is 0 Å².